The van der Waals surface area contributed by atoms with Crippen LogP contribution in [0.3, 0.4) is 0 Å². The Morgan fingerprint density at radius 2 is 1.25 bits per heavy atom. The molecule has 2 atom stereocenters. The molecular formula is C34H38N4O4S2. The zero-order chi connectivity index (χ0) is 31.4. The van der Waals surface area contributed by atoms with Crippen LogP contribution in [0.15, 0.2) is 24.3 Å². The van der Waals surface area contributed by atoms with E-state index in [0.717, 1.165) is 95.8 Å². The first-order chi connectivity index (χ1) is 20.9. The van der Waals surface area contributed by atoms with Crippen LogP contribution in [-0.4, -0.2) is 37.3 Å². The van der Waals surface area contributed by atoms with Crippen molar-refractivity contribution in [3.63, 3.8) is 0 Å². The van der Waals surface area contributed by atoms with Crippen molar-refractivity contribution in [1.82, 2.24) is 19.9 Å². The number of rotatable bonds is 8. The van der Waals surface area contributed by atoms with Crippen molar-refractivity contribution in [3.8, 4) is 0 Å². The minimum atomic E-state index is -0.841. The topological polar surface area (TPSA) is 120 Å². The minimum absolute atomic E-state index is 0.0107. The van der Waals surface area contributed by atoms with E-state index in [1.54, 1.807) is 0 Å². The molecule has 6 heterocycles. The molecule has 230 valence electrons. The highest BCUT2D eigenvalue weighted by molar-refractivity contribution is 7.80. The van der Waals surface area contributed by atoms with Crippen molar-refractivity contribution in [2.24, 2.45) is 0 Å². The molecule has 6 rings (SSSR count). The maximum absolute atomic E-state index is 11.6. The highest BCUT2D eigenvalue weighted by Gasteiger charge is 2.28. The van der Waals surface area contributed by atoms with Crippen molar-refractivity contribution >= 4 is 75.6 Å². The molecule has 1 saturated heterocycles. The number of fused-ring (bicyclic) bond motifs is 8. The van der Waals surface area contributed by atoms with Gasteiger partial charge in [0.05, 0.1) is 22.8 Å². The number of aliphatic carboxylic acids is 1. The lowest BCUT2D eigenvalue weighted by molar-refractivity contribution is -0.136. The number of aromatic nitrogens is 4. The van der Waals surface area contributed by atoms with Gasteiger partial charge in [-0.2, -0.15) is 35.0 Å². The predicted octanol–water partition coefficient (Wildman–Crippen LogP) is 8.71. The Labute approximate surface area is 267 Å². The second kappa shape index (κ2) is 11.9. The number of nitrogens with zero attached hydrogens (tertiary/aromatic N) is 2. The summed E-state index contributed by atoms with van der Waals surface area (Å²) in [7, 11) is 0. The van der Waals surface area contributed by atoms with Crippen LogP contribution < -0.4 is 0 Å². The minimum Gasteiger partial charge on any atom is -0.481 e. The maximum atomic E-state index is 11.6. The third kappa shape index (κ3) is 5.76. The van der Waals surface area contributed by atoms with E-state index in [1.807, 2.05) is 13.0 Å². The lowest BCUT2D eigenvalue weighted by Crippen LogP contribution is -1.96. The molecule has 0 spiro atoms. The molecule has 3 N–H and O–H groups in total. The standard InChI is InChI=1S/C34H38N4O4S2/c1-15-21(7-9-31(39)40)27-14-28-22(8-10-32-41-42-32)16(2)23(35-28)11-25-17(3)33(19(5)43)30(37-25)13-26-18(4)34(20(6)44)29(38-26)12-24(15)36-27/h11-14,19-20,32,37-38,43-44H,7-10H2,1-6H3,(H,39,40)/t19-,20-/m0/s1. The number of H-pyrrole nitrogens is 2. The fourth-order valence-corrected chi connectivity index (χ4v) is 7.15. The number of carboxylic acid groups (broad SMARTS) is 1. The Balaban J connectivity index is 1.72. The molecule has 10 heteroatoms. The third-order valence-electron chi connectivity index (χ3n) is 8.92. The molecule has 8 nitrogen and oxygen atoms in total. The maximum Gasteiger partial charge on any atom is 0.303 e. The molecular weight excluding hydrogens is 593 g/mol. The van der Waals surface area contributed by atoms with Gasteiger partial charge in [0.25, 0.3) is 0 Å². The fraction of sp³-hybridized carbons (Fsp3) is 0.382. The Kier molecular flexibility index (Phi) is 8.30. The van der Waals surface area contributed by atoms with Gasteiger partial charge in [-0.3, -0.25) is 4.79 Å². The van der Waals surface area contributed by atoms with E-state index in [1.165, 1.54) is 0 Å². The quantitative estimate of drug-likeness (QED) is 0.0965. The molecule has 0 aromatic carbocycles. The average Bonchev–Trinajstić information content (AvgIpc) is 3.46. The summed E-state index contributed by atoms with van der Waals surface area (Å²) in [5.41, 5.74) is 15.7. The van der Waals surface area contributed by atoms with E-state index in [-0.39, 0.29) is 23.2 Å². The first-order valence-corrected chi connectivity index (χ1v) is 16.0. The first kappa shape index (κ1) is 30.7. The predicted molar refractivity (Wildman–Crippen MR) is 182 cm³/mol. The van der Waals surface area contributed by atoms with Crippen molar-refractivity contribution < 1.29 is 19.7 Å². The summed E-state index contributed by atoms with van der Waals surface area (Å²) in [5, 5.41) is 9.52. The molecule has 1 fully saturated rings. The molecule has 0 aliphatic carbocycles. The summed E-state index contributed by atoms with van der Waals surface area (Å²) >= 11 is 9.70. The van der Waals surface area contributed by atoms with Crippen molar-refractivity contribution in [2.75, 3.05) is 0 Å². The van der Waals surface area contributed by atoms with Crippen molar-refractivity contribution in [2.45, 2.75) is 84.0 Å². The van der Waals surface area contributed by atoms with Gasteiger partial charge in [0.2, 0.25) is 6.29 Å². The molecule has 3 aliphatic rings. The molecule has 8 bridgehead atoms. The van der Waals surface area contributed by atoms with Crippen LogP contribution in [0.5, 0.6) is 0 Å². The summed E-state index contributed by atoms with van der Waals surface area (Å²) in [6.07, 6.45) is 1.63. The Morgan fingerprint density at radius 3 is 1.75 bits per heavy atom. The normalized spacial score (nSPS) is 16.5. The van der Waals surface area contributed by atoms with Gasteiger partial charge >= 0.3 is 5.97 Å². The monoisotopic (exact) mass is 630 g/mol. The third-order valence-corrected chi connectivity index (χ3v) is 9.44. The number of carbonyl (C=O) groups is 1. The van der Waals surface area contributed by atoms with E-state index in [2.05, 4.69) is 62.8 Å². The van der Waals surface area contributed by atoms with Gasteiger partial charge in [-0.25, -0.2) is 9.97 Å². The van der Waals surface area contributed by atoms with Crippen molar-refractivity contribution in [3.05, 3.63) is 69.3 Å². The van der Waals surface area contributed by atoms with Gasteiger partial charge in [0.15, 0.2) is 0 Å². The van der Waals surface area contributed by atoms with Gasteiger partial charge < -0.3 is 15.1 Å². The lowest BCUT2D eigenvalue weighted by atomic mass is 9.98. The highest BCUT2D eigenvalue weighted by Crippen LogP contribution is 2.40. The summed E-state index contributed by atoms with van der Waals surface area (Å²) in [6, 6.07) is 8.34. The van der Waals surface area contributed by atoms with Crippen LogP contribution in [0.2, 0.25) is 0 Å². The van der Waals surface area contributed by atoms with Gasteiger partial charge in [0, 0.05) is 45.4 Å². The summed E-state index contributed by atoms with van der Waals surface area (Å²) < 4.78 is 0. The number of aromatic amines is 2. The number of carboxylic acids is 1. The number of hydrogen-bond acceptors (Lipinski definition) is 7. The molecule has 3 aromatic rings. The van der Waals surface area contributed by atoms with Crippen LogP contribution in [0.4, 0.5) is 0 Å². The Bertz CT molecular complexity index is 1910. The highest BCUT2D eigenvalue weighted by atomic mass is 32.1. The van der Waals surface area contributed by atoms with Crippen LogP contribution in [0.1, 0.15) is 109 Å². The summed E-state index contributed by atoms with van der Waals surface area (Å²) in [6.45, 7) is 12.5. The van der Waals surface area contributed by atoms with E-state index >= 15 is 0 Å². The Morgan fingerprint density at radius 1 is 0.773 bits per heavy atom. The zero-order valence-corrected chi connectivity index (χ0v) is 27.6. The fourth-order valence-electron chi connectivity index (χ4n) is 6.48. The summed E-state index contributed by atoms with van der Waals surface area (Å²) in [5.74, 6) is -0.841. The van der Waals surface area contributed by atoms with Crippen LogP contribution in [0.25, 0.3) is 44.4 Å². The second-order valence-electron chi connectivity index (χ2n) is 11.9. The number of aryl methyl sites for hydroxylation is 2. The van der Waals surface area contributed by atoms with Crippen LogP contribution in [0, 0.1) is 13.8 Å². The van der Waals surface area contributed by atoms with Crippen LogP contribution >= 0.6 is 25.3 Å². The van der Waals surface area contributed by atoms with E-state index in [9.17, 15) is 9.90 Å². The number of allylic oxidation sites excluding steroid dienone is 4. The smallest absolute Gasteiger partial charge is 0.303 e. The first-order valence-electron chi connectivity index (χ1n) is 15.0. The zero-order valence-electron chi connectivity index (χ0n) is 25.8. The largest absolute Gasteiger partial charge is 0.481 e. The van der Waals surface area contributed by atoms with Gasteiger partial charge in [0.1, 0.15) is 0 Å². The van der Waals surface area contributed by atoms with E-state index < -0.39 is 5.97 Å². The molecule has 0 saturated carbocycles. The summed E-state index contributed by atoms with van der Waals surface area (Å²) in [4.78, 5) is 39.2. The van der Waals surface area contributed by atoms with Crippen LogP contribution in [-0.2, 0) is 14.6 Å². The van der Waals surface area contributed by atoms with Gasteiger partial charge in [-0.15, -0.1) is 0 Å². The van der Waals surface area contributed by atoms with E-state index in [4.69, 9.17) is 45.0 Å². The van der Waals surface area contributed by atoms with Gasteiger partial charge in [-0.1, -0.05) is 0 Å². The molecule has 0 unspecified atom stereocenters. The van der Waals surface area contributed by atoms with E-state index in [0.29, 0.717) is 12.8 Å². The second-order valence-corrected chi connectivity index (χ2v) is 13.5. The SMILES string of the molecule is CC1=C(CCC(=O)O)c2cc3nc(cc4[nH]c(cc5[nH]c(cc1n2)c([C@H](C)S)c5C)c([C@H](C)S)c4C)C(C)=C3CCC1OO1. The molecule has 0 radical (unpaired) electrons. The molecule has 3 aliphatic heterocycles. The molecule has 0 amide bonds. The number of hydrogen-bond donors (Lipinski definition) is 5. The molecule has 3 aromatic heterocycles. The molecule has 44 heavy (non-hydrogen) atoms. The average molecular weight is 631 g/mol. The Hall–Kier alpha value is -3.31. The lowest BCUT2D eigenvalue weighted by Gasteiger charge is -2.05. The van der Waals surface area contributed by atoms with Crippen molar-refractivity contribution in [1.29, 1.82) is 0 Å². The number of thiol groups is 2. The van der Waals surface area contributed by atoms with Gasteiger partial charge in [-0.05, 0) is 123 Å². The number of nitrogens with one attached hydrogen (secondary N) is 2.